The summed E-state index contributed by atoms with van der Waals surface area (Å²) in [4.78, 5) is 0. The van der Waals surface area contributed by atoms with Crippen LogP contribution in [0.4, 0.5) is 13.2 Å². The molecule has 0 bridgehead atoms. The van der Waals surface area contributed by atoms with E-state index < -0.39 is 36.9 Å². The third-order valence-corrected chi connectivity index (χ3v) is 2.49. The van der Waals surface area contributed by atoms with Crippen molar-refractivity contribution in [2.24, 2.45) is 0 Å². The van der Waals surface area contributed by atoms with Gasteiger partial charge < -0.3 is 19.7 Å². The van der Waals surface area contributed by atoms with E-state index in [1.807, 2.05) is 0 Å². The fourth-order valence-electron chi connectivity index (χ4n) is 1.51. The van der Waals surface area contributed by atoms with Gasteiger partial charge in [0, 0.05) is 6.42 Å². The highest BCUT2D eigenvalue weighted by atomic mass is 19.4. The highest BCUT2D eigenvalue weighted by molar-refractivity contribution is 4.98. The molecule has 4 nitrogen and oxygen atoms in total. The molecule has 0 spiro atoms. The van der Waals surface area contributed by atoms with Crippen LogP contribution >= 0.6 is 0 Å². The number of aliphatic hydroxyl groups is 2. The zero-order valence-electron chi connectivity index (χ0n) is 9.54. The van der Waals surface area contributed by atoms with Crippen molar-refractivity contribution in [2.75, 3.05) is 6.61 Å². The lowest BCUT2D eigenvalue weighted by Gasteiger charge is -2.28. The van der Waals surface area contributed by atoms with Gasteiger partial charge in [0.15, 0.2) is 6.29 Å². The third kappa shape index (κ3) is 2.98. The van der Waals surface area contributed by atoms with E-state index in [0.29, 0.717) is 0 Å². The Morgan fingerprint density at radius 2 is 2.06 bits per heavy atom. The van der Waals surface area contributed by atoms with E-state index in [9.17, 15) is 23.4 Å². The predicted molar refractivity (Wildman–Crippen MR) is 51.9 cm³/mol. The molecule has 2 N–H and O–H groups in total. The van der Waals surface area contributed by atoms with E-state index in [4.69, 9.17) is 4.74 Å². The van der Waals surface area contributed by atoms with Crippen LogP contribution in [0.3, 0.4) is 0 Å². The van der Waals surface area contributed by atoms with Crippen molar-refractivity contribution >= 4 is 0 Å². The molecule has 3 unspecified atom stereocenters. The summed E-state index contributed by atoms with van der Waals surface area (Å²) in [6.07, 6.45) is -7.09. The molecular weight excluding hydrogens is 241 g/mol. The van der Waals surface area contributed by atoms with E-state index in [1.54, 1.807) is 0 Å². The molecule has 1 fully saturated rings. The van der Waals surface area contributed by atoms with E-state index in [2.05, 4.69) is 11.3 Å². The second-order valence-electron chi connectivity index (χ2n) is 4.51. The first-order chi connectivity index (χ1) is 7.49. The lowest BCUT2D eigenvalue weighted by atomic mass is 10.00. The maximum atomic E-state index is 12.5. The Morgan fingerprint density at radius 1 is 1.53 bits per heavy atom. The summed E-state index contributed by atoms with van der Waals surface area (Å²) in [5, 5.41) is 18.7. The van der Waals surface area contributed by atoms with Crippen LogP contribution in [0.5, 0.6) is 0 Å². The number of hydrogen-bond acceptors (Lipinski definition) is 4. The molecule has 1 aliphatic rings. The average molecular weight is 256 g/mol. The van der Waals surface area contributed by atoms with Crippen molar-refractivity contribution in [1.82, 2.24) is 0 Å². The van der Waals surface area contributed by atoms with Gasteiger partial charge in [-0.1, -0.05) is 6.58 Å². The van der Waals surface area contributed by atoms with Crippen LogP contribution in [-0.2, 0) is 9.47 Å². The standard InChI is InChI=1S/C10H15F3O4/c1-6(2)7(14)17-8(3)4-9(15,16-5-8)10(11,12)13/h7,14-15H,1,4-5H2,2-3H3. The highest BCUT2D eigenvalue weighted by Gasteiger charge is 2.63. The maximum absolute atomic E-state index is 12.5. The minimum atomic E-state index is -4.90. The van der Waals surface area contributed by atoms with E-state index >= 15 is 0 Å². The molecule has 1 aliphatic heterocycles. The predicted octanol–water partition coefficient (Wildman–Crippen LogP) is 1.33. The van der Waals surface area contributed by atoms with Gasteiger partial charge in [-0.2, -0.15) is 13.2 Å². The van der Waals surface area contributed by atoms with Crippen molar-refractivity contribution in [1.29, 1.82) is 0 Å². The van der Waals surface area contributed by atoms with E-state index in [1.165, 1.54) is 13.8 Å². The smallest absolute Gasteiger partial charge is 0.364 e. The number of alkyl halides is 3. The van der Waals surface area contributed by atoms with Crippen LogP contribution in [0, 0.1) is 0 Å². The van der Waals surface area contributed by atoms with Gasteiger partial charge >= 0.3 is 6.18 Å². The van der Waals surface area contributed by atoms with Crippen molar-refractivity contribution in [3.63, 3.8) is 0 Å². The quantitative estimate of drug-likeness (QED) is 0.590. The van der Waals surface area contributed by atoms with Crippen molar-refractivity contribution < 1.29 is 32.9 Å². The van der Waals surface area contributed by atoms with E-state index in [0.717, 1.165) is 0 Å². The Kier molecular flexibility index (Phi) is 3.60. The van der Waals surface area contributed by atoms with Crippen LogP contribution in [0.2, 0.25) is 0 Å². The van der Waals surface area contributed by atoms with Gasteiger partial charge in [0.25, 0.3) is 5.79 Å². The van der Waals surface area contributed by atoms with Crippen LogP contribution in [0.1, 0.15) is 20.3 Å². The first-order valence-corrected chi connectivity index (χ1v) is 4.93. The van der Waals surface area contributed by atoms with Crippen molar-refractivity contribution in [2.45, 2.75) is 44.1 Å². The first kappa shape index (κ1) is 14.4. The molecule has 1 heterocycles. The summed E-state index contributed by atoms with van der Waals surface area (Å²) in [6, 6.07) is 0. The number of halogens is 3. The summed E-state index contributed by atoms with van der Waals surface area (Å²) in [5.74, 6) is -3.23. The molecule has 0 aromatic rings. The number of rotatable bonds is 3. The second-order valence-corrected chi connectivity index (χ2v) is 4.51. The summed E-state index contributed by atoms with van der Waals surface area (Å²) >= 11 is 0. The Labute approximate surface area is 96.6 Å². The zero-order chi connectivity index (χ0) is 13.5. The molecular formula is C10H15F3O4. The highest BCUT2D eigenvalue weighted by Crippen LogP contribution is 2.44. The summed E-state index contributed by atoms with van der Waals surface area (Å²) < 4.78 is 46.8. The summed E-state index contributed by atoms with van der Waals surface area (Å²) in [5.41, 5.74) is -1.16. The fourth-order valence-corrected chi connectivity index (χ4v) is 1.51. The van der Waals surface area contributed by atoms with Crippen LogP contribution in [0.25, 0.3) is 0 Å². The normalized spacial score (nSPS) is 35.9. The molecule has 0 aromatic carbocycles. The first-order valence-electron chi connectivity index (χ1n) is 4.93. The van der Waals surface area contributed by atoms with Gasteiger partial charge in [-0.15, -0.1) is 0 Å². The largest absolute Gasteiger partial charge is 0.443 e. The molecule has 0 amide bonds. The molecule has 1 rings (SSSR count). The molecule has 100 valence electrons. The topological polar surface area (TPSA) is 58.9 Å². The minimum absolute atomic E-state index is 0.258. The van der Waals surface area contributed by atoms with Crippen molar-refractivity contribution in [3.05, 3.63) is 12.2 Å². The SMILES string of the molecule is C=C(C)C(O)OC1(C)COC(O)(C(F)(F)F)C1. The van der Waals surface area contributed by atoms with Crippen LogP contribution < -0.4 is 0 Å². The lowest BCUT2D eigenvalue weighted by Crippen LogP contribution is -2.46. The minimum Gasteiger partial charge on any atom is -0.364 e. The Balaban J connectivity index is 2.74. The van der Waals surface area contributed by atoms with E-state index in [-0.39, 0.29) is 5.57 Å². The average Bonchev–Trinajstić information content (AvgIpc) is 2.42. The summed E-state index contributed by atoms with van der Waals surface area (Å²) in [6.45, 7) is 5.74. The molecule has 0 radical (unpaired) electrons. The number of aliphatic hydroxyl groups excluding tert-OH is 1. The van der Waals surface area contributed by atoms with Gasteiger partial charge in [-0.25, -0.2) is 0 Å². The number of ether oxygens (including phenoxy) is 2. The maximum Gasteiger partial charge on any atom is 0.443 e. The zero-order valence-corrected chi connectivity index (χ0v) is 9.54. The van der Waals surface area contributed by atoms with Crippen LogP contribution in [0.15, 0.2) is 12.2 Å². The van der Waals surface area contributed by atoms with Gasteiger partial charge in [0.05, 0.1) is 12.2 Å². The Morgan fingerprint density at radius 3 is 2.41 bits per heavy atom. The fraction of sp³-hybridized carbons (Fsp3) is 0.800. The third-order valence-electron chi connectivity index (χ3n) is 2.49. The van der Waals surface area contributed by atoms with Gasteiger partial charge in [0.2, 0.25) is 0 Å². The van der Waals surface area contributed by atoms with Crippen LogP contribution in [-0.4, -0.2) is 40.7 Å². The Bertz CT molecular complexity index is 317. The molecule has 0 saturated carbocycles. The molecule has 17 heavy (non-hydrogen) atoms. The molecule has 0 aromatic heterocycles. The van der Waals surface area contributed by atoms with Gasteiger partial charge in [-0.3, -0.25) is 0 Å². The summed E-state index contributed by atoms with van der Waals surface area (Å²) in [7, 11) is 0. The number of hydrogen-bond donors (Lipinski definition) is 2. The molecule has 7 heteroatoms. The second kappa shape index (κ2) is 4.24. The van der Waals surface area contributed by atoms with Gasteiger partial charge in [0.1, 0.15) is 0 Å². The molecule has 3 atom stereocenters. The monoisotopic (exact) mass is 256 g/mol. The van der Waals surface area contributed by atoms with Gasteiger partial charge in [-0.05, 0) is 19.4 Å². The lowest BCUT2D eigenvalue weighted by molar-refractivity contribution is -0.349. The van der Waals surface area contributed by atoms with Crippen molar-refractivity contribution in [3.8, 4) is 0 Å². The Hall–Kier alpha value is -0.630. The molecule has 0 aliphatic carbocycles. The molecule has 1 saturated heterocycles.